The molecular formula is C7H13NO3. The maximum atomic E-state index is 10.3. The second kappa shape index (κ2) is 4.71. The summed E-state index contributed by atoms with van der Waals surface area (Å²) in [5.74, 6) is 0.317. The molecule has 0 aliphatic rings. The second-order valence-corrected chi connectivity index (χ2v) is 2.82. The van der Waals surface area contributed by atoms with E-state index in [1.54, 1.807) is 0 Å². The minimum Gasteiger partial charge on any atom is -0.465 e. The molecule has 0 saturated heterocycles. The van der Waals surface area contributed by atoms with Crippen LogP contribution in [0.4, 0.5) is 4.79 Å². The summed E-state index contributed by atoms with van der Waals surface area (Å²) >= 11 is 0. The number of carbonyl (C=O) groups is 2. The van der Waals surface area contributed by atoms with Gasteiger partial charge in [0.05, 0.1) is 6.04 Å². The molecule has 4 heteroatoms. The molecule has 0 aromatic heterocycles. The molecule has 1 amide bonds. The summed E-state index contributed by atoms with van der Waals surface area (Å²) in [6, 6.07) is -0.563. The van der Waals surface area contributed by atoms with Gasteiger partial charge in [0.2, 0.25) is 0 Å². The molecule has 0 aliphatic carbocycles. The lowest BCUT2D eigenvalue weighted by molar-refractivity contribution is -0.109. The fraction of sp³-hybridized carbons (Fsp3) is 0.714. The third-order valence-electron chi connectivity index (χ3n) is 1.20. The van der Waals surface area contributed by atoms with Crippen LogP contribution in [0.25, 0.3) is 0 Å². The third-order valence-corrected chi connectivity index (χ3v) is 1.20. The van der Waals surface area contributed by atoms with Gasteiger partial charge in [-0.2, -0.15) is 0 Å². The molecule has 11 heavy (non-hydrogen) atoms. The van der Waals surface area contributed by atoms with Crippen LogP contribution in [0.1, 0.15) is 20.3 Å². The van der Waals surface area contributed by atoms with Crippen molar-refractivity contribution in [1.82, 2.24) is 5.32 Å². The first-order valence-electron chi connectivity index (χ1n) is 3.51. The summed E-state index contributed by atoms with van der Waals surface area (Å²) < 4.78 is 0. The van der Waals surface area contributed by atoms with Crippen molar-refractivity contribution in [3.63, 3.8) is 0 Å². The zero-order valence-corrected chi connectivity index (χ0v) is 6.70. The molecule has 0 aromatic carbocycles. The van der Waals surface area contributed by atoms with Crippen molar-refractivity contribution in [2.45, 2.75) is 26.3 Å². The summed E-state index contributed by atoms with van der Waals surface area (Å²) in [4.78, 5) is 20.3. The lowest BCUT2D eigenvalue weighted by Crippen LogP contribution is -2.35. The summed E-state index contributed by atoms with van der Waals surface area (Å²) in [5.41, 5.74) is 0. The van der Waals surface area contributed by atoms with Crippen LogP contribution in [0.15, 0.2) is 0 Å². The van der Waals surface area contributed by atoms with Crippen molar-refractivity contribution >= 4 is 12.4 Å². The van der Waals surface area contributed by atoms with Crippen molar-refractivity contribution in [3.8, 4) is 0 Å². The molecule has 4 nitrogen and oxygen atoms in total. The fourth-order valence-electron chi connectivity index (χ4n) is 0.815. The molecule has 0 saturated carbocycles. The van der Waals surface area contributed by atoms with Crippen LogP contribution in [0.2, 0.25) is 0 Å². The molecule has 0 spiro atoms. The highest BCUT2D eigenvalue weighted by Crippen LogP contribution is 2.02. The van der Waals surface area contributed by atoms with Crippen molar-refractivity contribution < 1.29 is 14.7 Å². The Hall–Kier alpha value is -1.06. The summed E-state index contributed by atoms with van der Waals surface area (Å²) in [7, 11) is 0. The molecule has 0 aliphatic heterocycles. The van der Waals surface area contributed by atoms with E-state index in [9.17, 15) is 9.59 Å². The predicted molar refractivity (Wildman–Crippen MR) is 40.5 cm³/mol. The molecule has 2 N–H and O–H groups in total. The van der Waals surface area contributed by atoms with E-state index in [0.717, 1.165) is 0 Å². The fourth-order valence-corrected chi connectivity index (χ4v) is 0.815. The number of rotatable bonds is 4. The van der Waals surface area contributed by atoms with E-state index >= 15 is 0 Å². The number of hydrogen-bond acceptors (Lipinski definition) is 2. The Labute approximate surface area is 65.6 Å². The average molecular weight is 159 g/mol. The minimum atomic E-state index is -1.15. The molecule has 0 rings (SSSR count). The maximum absolute atomic E-state index is 10.3. The molecule has 0 aromatic rings. The number of aldehydes is 1. The molecule has 0 fully saturated rings. The first kappa shape index (κ1) is 9.94. The van der Waals surface area contributed by atoms with E-state index in [-0.39, 0.29) is 0 Å². The third kappa shape index (κ3) is 5.39. The van der Waals surface area contributed by atoms with Crippen molar-refractivity contribution in [2.75, 3.05) is 0 Å². The standard InChI is InChI=1S/C7H13NO3/c1-5(2)3-6(4-9)8-7(10)11/h4-6,8H,3H2,1-2H3,(H,10,11). The Bertz CT molecular complexity index is 145. The second-order valence-electron chi connectivity index (χ2n) is 2.82. The van der Waals surface area contributed by atoms with Crippen molar-refractivity contribution in [2.24, 2.45) is 5.92 Å². The largest absolute Gasteiger partial charge is 0.465 e. The van der Waals surface area contributed by atoms with Crippen LogP contribution in [-0.2, 0) is 4.79 Å². The molecule has 0 heterocycles. The Morgan fingerprint density at radius 2 is 2.18 bits per heavy atom. The van der Waals surface area contributed by atoms with Gasteiger partial charge in [-0.25, -0.2) is 4.79 Å². The first-order chi connectivity index (χ1) is 5.06. The monoisotopic (exact) mass is 159 g/mol. The van der Waals surface area contributed by atoms with Gasteiger partial charge in [0, 0.05) is 0 Å². The lowest BCUT2D eigenvalue weighted by atomic mass is 10.1. The number of amides is 1. The highest BCUT2D eigenvalue weighted by Gasteiger charge is 2.10. The van der Waals surface area contributed by atoms with Crippen molar-refractivity contribution in [3.05, 3.63) is 0 Å². The number of carbonyl (C=O) groups excluding carboxylic acids is 1. The van der Waals surface area contributed by atoms with E-state index in [2.05, 4.69) is 5.32 Å². The van der Waals surface area contributed by atoms with E-state index in [4.69, 9.17) is 5.11 Å². The SMILES string of the molecule is CC(C)CC(C=O)NC(=O)O. The molecule has 1 unspecified atom stereocenters. The van der Waals surface area contributed by atoms with Gasteiger partial charge in [-0.05, 0) is 12.3 Å². The van der Waals surface area contributed by atoms with Gasteiger partial charge in [0.15, 0.2) is 0 Å². The Balaban J connectivity index is 3.76. The van der Waals surface area contributed by atoms with E-state index in [1.165, 1.54) is 0 Å². The van der Waals surface area contributed by atoms with Crippen LogP contribution in [0, 0.1) is 5.92 Å². The van der Waals surface area contributed by atoms with Crippen LogP contribution >= 0.6 is 0 Å². The zero-order chi connectivity index (χ0) is 8.85. The van der Waals surface area contributed by atoms with Crippen molar-refractivity contribution in [1.29, 1.82) is 0 Å². The summed E-state index contributed by atoms with van der Waals surface area (Å²) in [5, 5.41) is 10.4. The minimum absolute atomic E-state index is 0.317. The normalized spacial score (nSPS) is 12.6. The smallest absolute Gasteiger partial charge is 0.405 e. The molecule has 0 radical (unpaired) electrons. The summed E-state index contributed by atoms with van der Waals surface area (Å²) in [6.07, 6.45) is 0.0203. The summed E-state index contributed by atoms with van der Waals surface area (Å²) in [6.45, 7) is 3.86. The zero-order valence-electron chi connectivity index (χ0n) is 6.70. The van der Waals surface area contributed by atoms with E-state index < -0.39 is 12.1 Å². The van der Waals surface area contributed by atoms with Crippen LogP contribution in [-0.4, -0.2) is 23.5 Å². The van der Waals surface area contributed by atoms with Crippen LogP contribution in [0.3, 0.4) is 0 Å². The molecule has 64 valence electrons. The number of hydrogen-bond donors (Lipinski definition) is 2. The van der Waals surface area contributed by atoms with E-state index in [0.29, 0.717) is 18.6 Å². The molecule has 0 bridgehead atoms. The topological polar surface area (TPSA) is 66.4 Å². The lowest BCUT2D eigenvalue weighted by Gasteiger charge is -2.11. The molecular weight excluding hydrogens is 146 g/mol. The highest BCUT2D eigenvalue weighted by molar-refractivity contribution is 5.71. The predicted octanol–water partition coefficient (Wildman–Crippen LogP) is 0.868. The first-order valence-corrected chi connectivity index (χ1v) is 3.51. The quantitative estimate of drug-likeness (QED) is 0.598. The van der Waals surface area contributed by atoms with Crippen LogP contribution in [0.5, 0.6) is 0 Å². The number of nitrogens with one attached hydrogen (secondary N) is 1. The van der Waals surface area contributed by atoms with Gasteiger partial charge in [-0.3, -0.25) is 0 Å². The van der Waals surface area contributed by atoms with Gasteiger partial charge in [0.25, 0.3) is 0 Å². The number of carboxylic acid groups (broad SMARTS) is 1. The van der Waals surface area contributed by atoms with Gasteiger partial charge < -0.3 is 15.2 Å². The Kier molecular flexibility index (Phi) is 4.26. The van der Waals surface area contributed by atoms with E-state index in [1.807, 2.05) is 13.8 Å². The molecule has 1 atom stereocenters. The maximum Gasteiger partial charge on any atom is 0.405 e. The average Bonchev–Trinajstić information content (AvgIpc) is 1.84. The van der Waals surface area contributed by atoms with Gasteiger partial charge in [-0.1, -0.05) is 13.8 Å². The van der Waals surface area contributed by atoms with Gasteiger partial charge in [0.1, 0.15) is 6.29 Å². The van der Waals surface area contributed by atoms with Gasteiger partial charge >= 0.3 is 6.09 Å². The Morgan fingerprint density at radius 3 is 2.45 bits per heavy atom. The van der Waals surface area contributed by atoms with Crippen LogP contribution < -0.4 is 5.32 Å². The highest BCUT2D eigenvalue weighted by atomic mass is 16.4. The van der Waals surface area contributed by atoms with Gasteiger partial charge in [-0.15, -0.1) is 0 Å². The Morgan fingerprint density at radius 1 is 1.64 bits per heavy atom.